The Morgan fingerprint density at radius 2 is 2.00 bits per heavy atom. The van der Waals surface area contributed by atoms with Crippen molar-refractivity contribution in [3.8, 4) is 0 Å². The van der Waals surface area contributed by atoms with Gasteiger partial charge in [-0.3, -0.25) is 4.57 Å². The van der Waals surface area contributed by atoms with Gasteiger partial charge in [0.15, 0.2) is 17.7 Å². The third-order valence-electron chi connectivity index (χ3n) is 3.26. The van der Waals surface area contributed by atoms with E-state index in [0.29, 0.717) is 5.52 Å². The smallest absolute Gasteiger partial charge is 0.224 e. The summed E-state index contributed by atoms with van der Waals surface area (Å²) in [6, 6.07) is 0. The lowest BCUT2D eigenvalue weighted by molar-refractivity contribution is -0.0511. The van der Waals surface area contributed by atoms with Crippen LogP contribution in [0.4, 0.5) is 11.8 Å². The minimum Gasteiger partial charge on any atom is -0.394 e. The summed E-state index contributed by atoms with van der Waals surface area (Å²) in [5.41, 5.74) is 11.8. The first-order chi connectivity index (χ1) is 9.52. The molecule has 0 unspecified atom stereocenters. The Morgan fingerprint density at radius 1 is 1.25 bits per heavy atom. The standard InChI is InChI=1S/C10H14N6O4/c11-7-4-8(15-10(12)14-7)16(2-13-4)9-6(19)5(18)3(1-17)20-9/h2-3,5-6,9,17-19H,1H2,(H4,11,12,14,15)/t3-,5-,6+,9+/m0/s1. The predicted molar refractivity (Wildman–Crippen MR) is 67.2 cm³/mol. The number of aliphatic hydroxyl groups is 3. The van der Waals surface area contributed by atoms with E-state index in [9.17, 15) is 10.2 Å². The number of hydrogen-bond donors (Lipinski definition) is 5. The van der Waals surface area contributed by atoms with E-state index in [1.54, 1.807) is 0 Å². The van der Waals surface area contributed by atoms with Gasteiger partial charge in [-0.15, -0.1) is 0 Å². The van der Waals surface area contributed by atoms with Gasteiger partial charge >= 0.3 is 0 Å². The quantitative estimate of drug-likeness (QED) is 0.403. The molecular weight excluding hydrogens is 268 g/mol. The molecule has 3 heterocycles. The second-order valence-electron chi connectivity index (χ2n) is 4.52. The van der Waals surface area contributed by atoms with E-state index in [1.807, 2.05) is 0 Å². The number of nitrogen functional groups attached to an aromatic ring is 2. The number of nitrogens with two attached hydrogens (primary N) is 2. The van der Waals surface area contributed by atoms with Crippen molar-refractivity contribution in [2.45, 2.75) is 24.5 Å². The van der Waals surface area contributed by atoms with Crippen molar-refractivity contribution < 1.29 is 20.1 Å². The zero-order valence-corrected chi connectivity index (χ0v) is 10.3. The van der Waals surface area contributed by atoms with E-state index < -0.39 is 31.1 Å². The molecule has 108 valence electrons. The fourth-order valence-corrected chi connectivity index (χ4v) is 2.25. The predicted octanol–water partition coefficient (Wildman–Crippen LogP) is -2.40. The zero-order valence-electron chi connectivity index (χ0n) is 10.3. The van der Waals surface area contributed by atoms with Crippen molar-refractivity contribution in [2.24, 2.45) is 0 Å². The second kappa shape index (κ2) is 4.52. The van der Waals surface area contributed by atoms with E-state index in [4.69, 9.17) is 21.3 Å². The van der Waals surface area contributed by atoms with Crippen LogP contribution >= 0.6 is 0 Å². The SMILES string of the molecule is Nc1nc(N)c2ncn([C@@H]3O[C@@H](CO)[C@H](O)[C@H]3O)c2n1. The Kier molecular flexibility index (Phi) is 2.94. The van der Waals surface area contributed by atoms with Crippen LogP contribution in [0.3, 0.4) is 0 Å². The molecule has 10 nitrogen and oxygen atoms in total. The van der Waals surface area contributed by atoms with Gasteiger partial charge in [0, 0.05) is 0 Å². The van der Waals surface area contributed by atoms with Crippen LogP contribution < -0.4 is 11.5 Å². The summed E-state index contributed by atoms with van der Waals surface area (Å²) in [6.07, 6.45) is -2.92. The first-order valence-electron chi connectivity index (χ1n) is 5.91. The van der Waals surface area contributed by atoms with E-state index >= 15 is 0 Å². The van der Waals surface area contributed by atoms with Crippen LogP contribution in [-0.2, 0) is 4.74 Å². The molecule has 0 bridgehead atoms. The Morgan fingerprint density at radius 3 is 2.65 bits per heavy atom. The number of fused-ring (bicyclic) bond motifs is 1. The van der Waals surface area contributed by atoms with E-state index in [2.05, 4.69) is 15.0 Å². The Bertz CT molecular complexity index is 646. The van der Waals surface area contributed by atoms with Crippen molar-refractivity contribution in [3.05, 3.63) is 6.33 Å². The van der Waals surface area contributed by atoms with Crippen molar-refractivity contribution in [2.75, 3.05) is 18.1 Å². The number of anilines is 2. The highest BCUT2D eigenvalue weighted by Crippen LogP contribution is 2.31. The summed E-state index contributed by atoms with van der Waals surface area (Å²) < 4.78 is 6.79. The van der Waals surface area contributed by atoms with E-state index in [1.165, 1.54) is 10.9 Å². The summed E-state index contributed by atoms with van der Waals surface area (Å²) in [6.45, 7) is -0.416. The molecule has 1 aliphatic heterocycles. The van der Waals surface area contributed by atoms with Gasteiger partial charge in [-0.1, -0.05) is 0 Å². The Labute approximate surface area is 112 Å². The van der Waals surface area contributed by atoms with Gasteiger partial charge in [0.25, 0.3) is 0 Å². The highest BCUT2D eigenvalue weighted by Gasteiger charge is 2.44. The number of hydrogen-bond acceptors (Lipinski definition) is 9. The third kappa shape index (κ3) is 1.78. The first-order valence-corrected chi connectivity index (χ1v) is 5.91. The van der Waals surface area contributed by atoms with Crippen molar-refractivity contribution in [1.29, 1.82) is 0 Å². The van der Waals surface area contributed by atoms with E-state index in [0.717, 1.165) is 0 Å². The molecule has 1 saturated heterocycles. The van der Waals surface area contributed by atoms with Gasteiger partial charge in [-0.2, -0.15) is 9.97 Å². The van der Waals surface area contributed by atoms with Crippen LogP contribution in [0.2, 0.25) is 0 Å². The molecular formula is C10H14N6O4. The van der Waals surface area contributed by atoms with Crippen molar-refractivity contribution in [1.82, 2.24) is 19.5 Å². The molecule has 0 aliphatic carbocycles. The maximum atomic E-state index is 9.99. The molecule has 0 radical (unpaired) electrons. The van der Waals surface area contributed by atoms with Crippen LogP contribution in [0.1, 0.15) is 6.23 Å². The van der Waals surface area contributed by atoms with Crippen LogP contribution in [0.5, 0.6) is 0 Å². The molecule has 3 rings (SSSR count). The average Bonchev–Trinajstić information content (AvgIpc) is 2.93. The van der Waals surface area contributed by atoms with Gasteiger partial charge < -0.3 is 31.5 Å². The number of ether oxygens (including phenoxy) is 1. The number of imidazole rings is 1. The third-order valence-corrected chi connectivity index (χ3v) is 3.26. The molecule has 1 fully saturated rings. The highest BCUT2D eigenvalue weighted by molar-refractivity contribution is 5.82. The molecule has 4 atom stereocenters. The molecule has 0 saturated carbocycles. The lowest BCUT2D eigenvalue weighted by Crippen LogP contribution is -2.33. The van der Waals surface area contributed by atoms with Crippen LogP contribution in [-0.4, -0.2) is 59.8 Å². The minimum absolute atomic E-state index is 0.0384. The minimum atomic E-state index is -1.23. The molecule has 2 aromatic heterocycles. The normalized spacial score (nSPS) is 30.1. The molecule has 10 heteroatoms. The number of nitrogens with zero attached hydrogens (tertiary/aromatic N) is 4. The number of aliphatic hydroxyl groups excluding tert-OH is 3. The number of rotatable bonds is 2. The van der Waals surface area contributed by atoms with Crippen molar-refractivity contribution in [3.63, 3.8) is 0 Å². The molecule has 0 spiro atoms. The maximum absolute atomic E-state index is 9.99. The lowest BCUT2D eigenvalue weighted by atomic mass is 10.1. The van der Waals surface area contributed by atoms with Crippen LogP contribution in [0.25, 0.3) is 11.2 Å². The second-order valence-corrected chi connectivity index (χ2v) is 4.52. The summed E-state index contributed by atoms with van der Waals surface area (Å²) in [5.74, 6) is 0.0708. The summed E-state index contributed by atoms with van der Waals surface area (Å²) >= 11 is 0. The van der Waals surface area contributed by atoms with Crippen LogP contribution in [0.15, 0.2) is 6.33 Å². The molecule has 20 heavy (non-hydrogen) atoms. The summed E-state index contributed by atoms with van der Waals surface area (Å²) in [5, 5.41) is 28.8. The monoisotopic (exact) mass is 282 g/mol. The van der Waals surface area contributed by atoms with Crippen molar-refractivity contribution >= 4 is 22.9 Å². The van der Waals surface area contributed by atoms with E-state index in [-0.39, 0.29) is 17.4 Å². The molecule has 1 aliphatic rings. The maximum Gasteiger partial charge on any atom is 0.224 e. The average molecular weight is 282 g/mol. The highest BCUT2D eigenvalue weighted by atomic mass is 16.6. The van der Waals surface area contributed by atoms with Crippen LogP contribution in [0, 0.1) is 0 Å². The summed E-state index contributed by atoms with van der Waals surface area (Å²) in [4.78, 5) is 11.8. The summed E-state index contributed by atoms with van der Waals surface area (Å²) in [7, 11) is 0. The Balaban J connectivity index is 2.07. The van der Waals surface area contributed by atoms with Gasteiger partial charge in [-0.05, 0) is 0 Å². The van der Waals surface area contributed by atoms with Gasteiger partial charge in [-0.25, -0.2) is 4.98 Å². The topological polar surface area (TPSA) is 166 Å². The van der Waals surface area contributed by atoms with Gasteiger partial charge in [0.05, 0.1) is 12.9 Å². The largest absolute Gasteiger partial charge is 0.394 e. The first kappa shape index (κ1) is 13.0. The number of aromatic nitrogens is 4. The molecule has 7 N–H and O–H groups in total. The van der Waals surface area contributed by atoms with Gasteiger partial charge in [0.2, 0.25) is 5.95 Å². The molecule has 0 aromatic carbocycles. The lowest BCUT2D eigenvalue weighted by Gasteiger charge is -2.16. The fourth-order valence-electron chi connectivity index (χ4n) is 2.25. The van der Waals surface area contributed by atoms with Gasteiger partial charge in [0.1, 0.15) is 23.8 Å². The molecule has 0 amide bonds. The fraction of sp³-hybridized carbons (Fsp3) is 0.500. The zero-order chi connectivity index (χ0) is 14.4. The Hall–Kier alpha value is -2.01. The molecule has 2 aromatic rings.